The molecule has 8 heteroatoms. The molecule has 23 heavy (non-hydrogen) atoms. The molecule has 1 aromatic carbocycles. The van der Waals surface area contributed by atoms with Gasteiger partial charge in [-0.2, -0.15) is 0 Å². The van der Waals surface area contributed by atoms with E-state index in [2.05, 4.69) is 25.5 Å². The number of aromatic nitrogens is 2. The molecule has 2 heterocycles. The zero-order valence-corrected chi connectivity index (χ0v) is 13.0. The van der Waals surface area contributed by atoms with Crippen molar-refractivity contribution in [3.63, 3.8) is 0 Å². The van der Waals surface area contributed by atoms with Crippen LogP contribution in [0.15, 0.2) is 30.6 Å². The smallest absolute Gasteiger partial charge is 0.323 e. The minimum atomic E-state index is -0.538. The number of amides is 2. The van der Waals surface area contributed by atoms with Gasteiger partial charge < -0.3 is 15.5 Å². The molecule has 0 atom stereocenters. The summed E-state index contributed by atoms with van der Waals surface area (Å²) < 4.78 is 13.1. The highest BCUT2D eigenvalue weighted by atomic mass is 35.5. The Balaban J connectivity index is 1.59. The predicted molar refractivity (Wildman–Crippen MR) is 87.5 cm³/mol. The van der Waals surface area contributed by atoms with E-state index in [1.807, 2.05) is 0 Å². The molecule has 2 N–H and O–H groups in total. The number of nitrogens with one attached hydrogen (secondary N) is 2. The van der Waals surface area contributed by atoms with Crippen molar-refractivity contribution in [3.05, 3.63) is 41.4 Å². The molecule has 0 spiro atoms. The van der Waals surface area contributed by atoms with Crippen LogP contribution in [0.1, 0.15) is 12.8 Å². The predicted octanol–water partition coefficient (Wildman–Crippen LogP) is 3.51. The average molecular weight is 336 g/mol. The van der Waals surface area contributed by atoms with Crippen LogP contribution in [0.2, 0.25) is 5.02 Å². The fourth-order valence-corrected chi connectivity index (χ4v) is 2.51. The fourth-order valence-electron chi connectivity index (χ4n) is 2.33. The number of rotatable bonds is 3. The van der Waals surface area contributed by atoms with Gasteiger partial charge in [-0.05, 0) is 31.0 Å². The van der Waals surface area contributed by atoms with E-state index in [1.54, 1.807) is 12.4 Å². The summed E-state index contributed by atoms with van der Waals surface area (Å²) in [6, 6.07) is 3.47. The lowest BCUT2D eigenvalue weighted by Gasteiger charge is -2.14. The normalized spacial score (nSPS) is 13.9. The largest absolute Gasteiger partial charge is 0.341 e. The minimum absolute atomic E-state index is 0.0545. The second-order valence-corrected chi connectivity index (χ2v) is 5.58. The van der Waals surface area contributed by atoms with Gasteiger partial charge in [-0.3, -0.25) is 0 Å². The van der Waals surface area contributed by atoms with Gasteiger partial charge in [0.1, 0.15) is 5.82 Å². The van der Waals surface area contributed by atoms with Gasteiger partial charge in [0.25, 0.3) is 0 Å². The number of halogens is 2. The summed E-state index contributed by atoms with van der Waals surface area (Å²) in [6.45, 7) is 1.91. The van der Waals surface area contributed by atoms with Crippen LogP contribution in [-0.2, 0) is 0 Å². The summed E-state index contributed by atoms with van der Waals surface area (Å²) in [5.74, 6) is 0.127. The number of benzene rings is 1. The molecule has 0 saturated carbocycles. The Bertz CT molecular complexity index is 704. The summed E-state index contributed by atoms with van der Waals surface area (Å²) in [6.07, 6.45) is 5.40. The summed E-state index contributed by atoms with van der Waals surface area (Å²) in [4.78, 5) is 22.5. The van der Waals surface area contributed by atoms with Crippen LogP contribution in [0.4, 0.5) is 26.5 Å². The lowest BCUT2D eigenvalue weighted by atomic mass is 10.3. The van der Waals surface area contributed by atoms with E-state index >= 15 is 0 Å². The summed E-state index contributed by atoms with van der Waals surface area (Å²) >= 11 is 5.67. The van der Waals surface area contributed by atoms with E-state index in [0.717, 1.165) is 25.9 Å². The molecule has 1 aliphatic rings. The van der Waals surface area contributed by atoms with Crippen molar-refractivity contribution in [2.75, 3.05) is 28.6 Å². The lowest BCUT2D eigenvalue weighted by Crippen LogP contribution is -2.22. The van der Waals surface area contributed by atoms with Gasteiger partial charge in [0.15, 0.2) is 0 Å². The molecule has 3 rings (SSSR count). The highest BCUT2D eigenvalue weighted by molar-refractivity contribution is 6.31. The minimum Gasteiger partial charge on any atom is -0.341 e. The fraction of sp³-hybridized carbons (Fsp3) is 0.267. The van der Waals surface area contributed by atoms with Gasteiger partial charge in [0.05, 0.1) is 23.1 Å². The monoisotopic (exact) mass is 335 g/mol. The Kier molecular flexibility index (Phi) is 4.57. The van der Waals surface area contributed by atoms with E-state index < -0.39 is 11.8 Å². The number of hydrogen-bond acceptors (Lipinski definition) is 4. The third kappa shape index (κ3) is 3.87. The molecular formula is C15H15ClFN5O. The van der Waals surface area contributed by atoms with Crippen LogP contribution in [-0.4, -0.2) is 29.1 Å². The van der Waals surface area contributed by atoms with Crippen LogP contribution in [0, 0.1) is 5.82 Å². The number of hydrogen-bond donors (Lipinski definition) is 2. The van der Waals surface area contributed by atoms with Crippen LogP contribution in [0.5, 0.6) is 0 Å². The molecular weight excluding hydrogens is 321 g/mol. The molecule has 0 aliphatic carbocycles. The molecule has 2 aromatic rings. The molecule has 1 aliphatic heterocycles. The second kappa shape index (κ2) is 6.78. The topological polar surface area (TPSA) is 70.2 Å². The SMILES string of the molecule is O=C(Nc1cnc(N2CCCC2)nc1)Nc1ccc(F)c(Cl)c1. The molecule has 1 saturated heterocycles. The first kappa shape index (κ1) is 15.5. The van der Waals surface area contributed by atoms with E-state index in [-0.39, 0.29) is 5.02 Å². The van der Waals surface area contributed by atoms with Crippen molar-refractivity contribution in [1.82, 2.24) is 9.97 Å². The molecule has 0 radical (unpaired) electrons. The Morgan fingerprint density at radius 3 is 2.43 bits per heavy atom. The Labute approximate surface area is 137 Å². The molecule has 1 aromatic heterocycles. The first-order valence-electron chi connectivity index (χ1n) is 7.22. The van der Waals surface area contributed by atoms with Crippen molar-refractivity contribution in [1.29, 1.82) is 0 Å². The maximum atomic E-state index is 13.1. The third-order valence-corrected chi connectivity index (χ3v) is 3.75. The number of anilines is 3. The van der Waals surface area contributed by atoms with E-state index in [4.69, 9.17) is 11.6 Å². The van der Waals surface area contributed by atoms with E-state index in [0.29, 0.717) is 17.3 Å². The molecule has 1 fully saturated rings. The molecule has 6 nitrogen and oxygen atoms in total. The van der Waals surface area contributed by atoms with Crippen LogP contribution in [0.3, 0.4) is 0 Å². The van der Waals surface area contributed by atoms with Gasteiger partial charge >= 0.3 is 6.03 Å². The second-order valence-electron chi connectivity index (χ2n) is 5.17. The molecule has 120 valence electrons. The average Bonchev–Trinajstić information content (AvgIpc) is 3.06. The summed E-state index contributed by atoms with van der Waals surface area (Å²) in [5.41, 5.74) is 0.863. The summed E-state index contributed by atoms with van der Waals surface area (Å²) in [5, 5.41) is 5.12. The number of carbonyl (C=O) groups excluding carboxylic acids is 1. The van der Waals surface area contributed by atoms with Gasteiger partial charge in [-0.15, -0.1) is 0 Å². The van der Waals surface area contributed by atoms with Crippen molar-refractivity contribution in [2.45, 2.75) is 12.8 Å². The van der Waals surface area contributed by atoms with Gasteiger partial charge in [-0.1, -0.05) is 11.6 Å². The van der Waals surface area contributed by atoms with E-state index in [9.17, 15) is 9.18 Å². The summed E-state index contributed by atoms with van der Waals surface area (Å²) in [7, 11) is 0. The molecule has 0 unspecified atom stereocenters. The van der Waals surface area contributed by atoms with Gasteiger partial charge in [0.2, 0.25) is 5.95 Å². The first-order valence-corrected chi connectivity index (χ1v) is 7.60. The van der Waals surface area contributed by atoms with Crippen molar-refractivity contribution in [3.8, 4) is 0 Å². The standard InChI is InChI=1S/C15H15ClFN5O/c16-12-7-10(3-4-13(12)17)20-15(23)21-11-8-18-14(19-9-11)22-5-1-2-6-22/h3-4,7-9H,1-2,5-6H2,(H2,20,21,23). The maximum absolute atomic E-state index is 13.1. The van der Waals surface area contributed by atoms with Crippen LogP contribution in [0.25, 0.3) is 0 Å². The lowest BCUT2D eigenvalue weighted by molar-refractivity contribution is 0.262. The first-order chi connectivity index (χ1) is 11.1. The Morgan fingerprint density at radius 2 is 1.78 bits per heavy atom. The quantitative estimate of drug-likeness (QED) is 0.900. The Hall–Kier alpha value is -2.41. The molecule has 2 amide bonds. The van der Waals surface area contributed by atoms with Crippen molar-refractivity contribution in [2.24, 2.45) is 0 Å². The molecule has 0 bridgehead atoms. The number of nitrogens with zero attached hydrogens (tertiary/aromatic N) is 3. The number of urea groups is 1. The van der Waals surface area contributed by atoms with Crippen molar-refractivity contribution >= 4 is 35.0 Å². The van der Waals surface area contributed by atoms with Crippen LogP contribution < -0.4 is 15.5 Å². The van der Waals surface area contributed by atoms with Gasteiger partial charge in [-0.25, -0.2) is 19.2 Å². The maximum Gasteiger partial charge on any atom is 0.323 e. The zero-order valence-electron chi connectivity index (χ0n) is 12.2. The zero-order chi connectivity index (χ0) is 16.2. The van der Waals surface area contributed by atoms with Crippen LogP contribution >= 0.6 is 11.6 Å². The van der Waals surface area contributed by atoms with Gasteiger partial charge in [0, 0.05) is 18.8 Å². The highest BCUT2D eigenvalue weighted by Gasteiger charge is 2.14. The highest BCUT2D eigenvalue weighted by Crippen LogP contribution is 2.20. The van der Waals surface area contributed by atoms with Crippen molar-refractivity contribution < 1.29 is 9.18 Å². The number of carbonyl (C=O) groups is 1. The third-order valence-electron chi connectivity index (χ3n) is 3.46. The van der Waals surface area contributed by atoms with E-state index in [1.165, 1.54) is 18.2 Å². The Morgan fingerprint density at radius 1 is 1.13 bits per heavy atom.